The van der Waals surface area contributed by atoms with Crippen molar-refractivity contribution >= 4 is 5.69 Å². The van der Waals surface area contributed by atoms with Gasteiger partial charge in [0.15, 0.2) is 0 Å². The Bertz CT molecular complexity index is 429. The van der Waals surface area contributed by atoms with Gasteiger partial charge >= 0.3 is 0 Å². The highest BCUT2D eigenvalue weighted by molar-refractivity contribution is 5.46. The number of nitrogens with zero attached hydrogens (tertiary/aromatic N) is 3. The molecule has 1 aromatic rings. The molecule has 0 saturated carbocycles. The van der Waals surface area contributed by atoms with Crippen molar-refractivity contribution in [2.75, 3.05) is 52.7 Å². The van der Waals surface area contributed by atoms with Gasteiger partial charge in [0.1, 0.15) is 0 Å². The van der Waals surface area contributed by atoms with Crippen molar-refractivity contribution in [1.29, 1.82) is 0 Å². The lowest BCUT2D eigenvalue weighted by atomic mass is 9.99. The minimum atomic E-state index is 0.303. The van der Waals surface area contributed by atoms with Crippen molar-refractivity contribution in [3.8, 4) is 0 Å². The maximum absolute atomic E-state index is 6.08. The number of hydrogen-bond acceptors (Lipinski definition) is 4. The van der Waals surface area contributed by atoms with E-state index in [4.69, 9.17) is 5.73 Å². The van der Waals surface area contributed by atoms with Crippen LogP contribution in [0.5, 0.6) is 0 Å². The highest BCUT2D eigenvalue weighted by Crippen LogP contribution is 2.26. The van der Waals surface area contributed by atoms with Crippen molar-refractivity contribution in [2.45, 2.75) is 24.9 Å². The lowest BCUT2D eigenvalue weighted by Gasteiger charge is -2.40. The fraction of sp³-hybridized carbons (Fsp3) is 0.647. The topological polar surface area (TPSA) is 35.7 Å². The molecule has 0 amide bonds. The van der Waals surface area contributed by atoms with Crippen LogP contribution >= 0.6 is 0 Å². The van der Waals surface area contributed by atoms with E-state index in [1.807, 2.05) is 0 Å². The third-order valence-electron chi connectivity index (χ3n) is 4.68. The van der Waals surface area contributed by atoms with Crippen LogP contribution in [0.25, 0.3) is 0 Å². The number of nitrogens with two attached hydrogens (primary N) is 1. The van der Waals surface area contributed by atoms with Crippen molar-refractivity contribution in [1.82, 2.24) is 9.80 Å². The van der Waals surface area contributed by atoms with Crippen molar-refractivity contribution in [3.63, 3.8) is 0 Å². The quantitative estimate of drug-likeness (QED) is 0.897. The first-order valence-corrected chi connectivity index (χ1v) is 7.90. The van der Waals surface area contributed by atoms with Crippen LogP contribution in [0.3, 0.4) is 0 Å². The number of rotatable bonds is 5. The molecular weight excluding hydrogens is 260 g/mol. The van der Waals surface area contributed by atoms with E-state index >= 15 is 0 Å². The van der Waals surface area contributed by atoms with Crippen LogP contribution in [0.2, 0.25) is 0 Å². The van der Waals surface area contributed by atoms with E-state index in [9.17, 15) is 0 Å². The second kappa shape index (κ2) is 7.25. The first-order valence-electron chi connectivity index (χ1n) is 7.90. The monoisotopic (exact) mass is 290 g/mol. The second-order valence-corrected chi connectivity index (χ2v) is 6.46. The van der Waals surface area contributed by atoms with Gasteiger partial charge in [-0.15, -0.1) is 0 Å². The van der Waals surface area contributed by atoms with Crippen LogP contribution < -0.4 is 10.6 Å². The third kappa shape index (κ3) is 3.96. The summed E-state index contributed by atoms with van der Waals surface area (Å²) in [7, 11) is 8.57. The van der Waals surface area contributed by atoms with Gasteiger partial charge in [0, 0.05) is 45.0 Å². The molecule has 0 aromatic heterocycles. The molecule has 2 rings (SSSR count). The van der Waals surface area contributed by atoms with Crippen LogP contribution in [0.4, 0.5) is 5.69 Å². The highest BCUT2D eigenvalue weighted by Gasteiger charge is 2.26. The largest absolute Gasteiger partial charge is 0.378 e. The Hall–Kier alpha value is -1.10. The zero-order valence-corrected chi connectivity index (χ0v) is 13.9. The van der Waals surface area contributed by atoms with Gasteiger partial charge in [-0.05, 0) is 51.2 Å². The molecule has 2 unspecified atom stereocenters. The minimum absolute atomic E-state index is 0.303. The summed E-state index contributed by atoms with van der Waals surface area (Å²) in [5.74, 6) is 0. The van der Waals surface area contributed by atoms with Crippen molar-refractivity contribution in [3.05, 3.63) is 29.8 Å². The van der Waals surface area contributed by atoms with Gasteiger partial charge in [-0.2, -0.15) is 0 Å². The second-order valence-electron chi connectivity index (χ2n) is 6.46. The van der Waals surface area contributed by atoms with Crippen molar-refractivity contribution in [2.24, 2.45) is 5.73 Å². The predicted octanol–water partition coefficient (Wildman–Crippen LogP) is 1.78. The molecule has 0 aliphatic carbocycles. The zero-order chi connectivity index (χ0) is 15.4. The Labute approximate surface area is 129 Å². The molecule has 1 aromatic carbocycles. The fourth-order valence-corrected chi connectivity index (χ4v) is 3.26. The van der Waals surface area contributed by atoms with E-state index in [0.717, 1.165) is 6.54 Å². The maximum Gasteiger partial charge on any atom is 0.0470 e. The average Bonchev–Trinajstić information content (AvgIpc) is 2.48. The molecule has 0 bridgehead atoms. The molecule has 1 saturated heterocycles. The zero-order valence-electron chi connectivity index (χ0n) is 13.9. The summed E-state index contributed by atoms with van der Waals surface area (Å²) < 4.78 is 0. The van der Waals surface area contributed by atoms with Gasteiger partial charge in [-0.1, -0.05) is 12.1 Å². The standard InChI is InChI=1S/C17H30N4/c1-19(2)15-9-7-14(8-10-15)17(12-18)21(4)16-6-5-11-20(3)13-16/h7-10,16-17H,5-6,11-13,18H2,1-4H3. The minimum Gasteiger partial charge on any atom is -0.378 e. The average molecular weight is 290 g/mol. The number of anilines is 1. The first kappa shape index (κ1) is 16.3. The summed E-state index contributed by atoms with van der Waals surface area (Å²) in [5.41, 5.74) is 8.63. The Morgan fingerprint density at radius 1 is 1.24 bits per heavy atom. The number of likely N-dealkylation sites (N-methyl/N-ethyl adjacent to an activating group) is 2. The number of benzene rings is 1. The summed E-state index contributed by atoms with van der Waals surface area (Å²) >= 11 is 0. The molecule has 2 N–H and O–H groups in total. The molecule has 1 aliphatic heterocycles. The van der Waals surface area contributed by atoms with Gasteiger partial charge in [0.25, 0.3) is 0 Å². The van der Waals surface area contributed by atoms with E-state index in [-0.39, 0.29) is 0 Å². The SMILES string of the molecule is CN1CCCC(N(C)C(CN)c2ccc(N(C)C)cc2)C1. The number of likely N-dealkylation sites (tertiary alicyclic amines) is 1. The third-order valence-corrected chi connectivity index (χ3v) is 4.68. The summed E-state index contributed by atoms with van der Waals surface area (Å²) in [6.07, 6.45) is 2.55. The molecule has 21 heavy (non-hydrogen) atoms. The molecular formula is C17H30N4. The lowest BCUT2D eigenvalue weighted by molar-refractivity contribution is 0.101. The van der Waals surface area contributed by atoms with Gasteiger partial charge in [-0.3, -0.25) is 4.90 Å². The normalized spacial score (nSPS) is 21.5. The summed E-state index contributed by atoms with van der Waals surface area (Å²) in [6.45, 7) is 3.02. The Balaban J connectivity index is 2.10. The van der Waals surface area contributed by atoms with Crippen LogP contribution in [-0.2, 0) is 0 Å². The lowest BCUT2D eigenvalue weighted by Crippen LogP contribution is -2.47. The van der Waals surface area contributed by atoms with E-state index in [1.165, 1.54) is 30.6 Å². The number of piperidine rings is 1. The molecule has 4 heteroatoms. The fourth-order valence-electron chi connectivity index (χ4n) is 3.26. The maximum atomic E-state index is 6.08. The summed E-state index contributed by atoms with van der Waals surface area (Å²) in [6, 6.07) is 9.70. The molecule has 1 fully saturated rings. The van der Waals surface area contributed by atoms with Crippen LogP contribution in [-0.4, -0.2) is 63.7 Å². The Kier molecular flexibility index (Phi) is 5.62. The summed E-state index contributed by atoms with van der Waals surface area (Å²) in [5, 5.41) is 0. The van der Waals surface area contributed by atoms with Crippen LogP contribution in [0.15, 0.2) is 24.3 Å². The molecule has 4 nitrogen and oxygen atoms in total. The van der Waals surface area contributed by atoms with E-state index in [2.05, 4.69) is 67.2 Å². The van der Waals surface area contributed by atoms with E-state index in [0.29, 0.717) is 18.6 Å². The molecule has 1 aliphatic rings. The van der Waals surface area contributed by atoms with Crippen LogP contribution in [0, 0.1) is 0 Å². The molecule has 0 radical (unpaired) electrons. The van der Waals surface area contributed by atoms with E-state index in [1.54, 1.807) is 0 Å². The Morgan fingerprint density at radius 2 is 1.90 bits per heavy atom. The smallest absolute Gasteiger partial charge is 0.0470 e. The molecule has 2 atom stereocenters. The summed E-state index contributed by atoms with van der Waals surface area (Å²) in [4.78, 5) is 7.02. The van der Waals surface area contributed by atoms with Gasteiger partial charge < -0.3 is 15.5 Å². The molecule has 118 valence electrons. The van der Waals surface area contributed by atoms with Gasteiger partial charge in [0.05, 0.1) is 0 Å². The number of hydrogen-bond donors (Lipinski definition) is 1. The van der Waals surface area contributed by atoms with Gasteiger partial charge in [-0.25, -0.2) is 0 Å². The predicted molar refractivity (Wildman–Crippen MR) is 90.8 cm³/mol. The molecule has 0 spiro atoms. The first-order chi connectivity index (χ1) is 10.0. The molecule has 1 heterocycles. The van der Waals surface area contributed by atoms with E-state index < -0.39 is 0 Å². The van der Waals surface area contributed by atoms with Crippen molar-refractivity contribution < 1.29 is 0 Å². The van der Waals surface area contributed by atoms with Gasteiger partial charge in [0.2, 0.25) is 0 Å². The van der Waals surface area contributed by atoms with Crippen LogP contribution in [0.1, 0.15) is 24.4 Å². The highest BCUT2D eigenvalue weighted by atomic mass is 15.2. The Morgan fingerprint density at radius 3 is 2.43 bits per heavy atom.